The van der Waals surface area contributed by atoms with Crippen molar-refractivity contribution < 1.29 is 19.8 Å². The van der Waals surface area contributed by atoms with E-state index >= 15 is 0 Å². The highest BCUT2D eigenvalue weighted by molar-refractivity contribution is 7.14. The minimum atomic E-state index is -1.13. The molecule has 0 unspecified atom stereocenters. The highest BCUT2D eigenvalue weighted by atomic mass is 32.1. The highest BCUT2D eigenvalue weighted by Crippen LogP contribution is 2.22. The van der Waals surface area contributed by atoms with Gasteiger partial charge in [-0.1, -0.05) is 13.3 Å². The van der Waals surface area contributed by atoms with E-state index in [9.17, 15) is 9.59 Å². The van der Waals surface area contributed by atoms with Gasteiger partial charge in [-0.05, 0) is 25.0 Å². The van der Waals surface area contributed by atoms with E-state index in [-0.39, 0.29) is 13.0 Å². The number of rotatable bonds is 7. The molecule has 0 saturated heterocycles. The molecule has 1 aromatic heterocycles. The third-order valence-electron chi connectivity index (χ3n) is 2.78. The summed E-state index contributed by atoms with van der Waals surface area (Å²) in [6.45, 7) is 3.75. The molecule has 5 nitrogen and oxygen atoms in total. The first-order valence-electron chi connectivity index (χ1n) is 6.23. The van der Waals surface area contributed by atoms with E-state index in [0.29, 0.717) is 4.88 Å². The Kier molecular flexibility index (Phi) is 5.98. The van der Waals surface area contributed by atoms with Crippen LogP contribution < -0.4 is 5.32 Å². The Hall–Kier alpha value is -1.40. The van der Waals surface area contributed by atoms with E-state index < -0.39 is 17.9 Å². The van der Waals surface area contributed by atoms with Crippen LogP contribution in [0.2, 0.25) is 0 Å². The number of carboxylic acid groups (broad SMARTS) is 1. The number of carbonyl (C=O) groups excluding carboxylic acids is 1. The summed E-state index contributed by atoms with van der Waals surface area (Å²) in [6, 6.07) is 0.769. The van der Waals surface area contributed by atoms with Crippen LogP contribution in [0.4, 0.5) is 0 Å². The SMILES string of the molecule is CCCc1cc(C(=O)N[C@H](CCO)C(=O)O)sc1C. The number of nitrogens with one attached hydrogen (secondary N) is 1. The molecule has 106 valence electrons. The molecule has 1 atom stereocenters. The first-order valence-corrected chi connectivity index (χ1v) is 7.05. The van der Waals surface area contributed by atoms with Crippen LogP contribution in [0.15, 0.2) is 6.07 Å². The van der Waals surface area contributed by atoms with Gasteiger partial charge in [0.15, 0.2) is 0 Å². The molecule has 0 aliphatic heterocycles. The van der Waals surface area contributed by atoms with Gasteiger partial charge in [0.2, 0.25) is 0 Å². The van der Waals surface area contributed by atoms with Crippen molar-refractivity contribution in [2.24, 2.45) is 0 Å². The Morgan fingerprint density at radius 2 is 2.16 bits per heavy atom. The van der Waals surface area contributed by atoms with Crippen molar-refractivity contribution in [3.63, 3.8) is 0 Å². The molecule has 0 fully saturated rings. The monoisotopic (exact) mass is 285 g/mol. The van der Waals surface area contributed by atoms with Crippen LogP contribution >= 0.6 is 11.3 Å². The Morgan fingerprint density at radius 3 is 2.68 bits per heavy atom. The van der Waals surface area contributed by atoms with Gasteiger partial charge in [-0.15, -0.1) is 11.3 Å². The molecule has 0 spiro atoms. The largest absolute Gasteiger partial charge is 0.480 e. The number of carboxylic acids is 1. The summed E-state index contributed by atoms with van der Waals surface area (Å²) in [6.07, 6.45) is 1.92. The van der Waals surface area contributed by atoms with Crippen LogP contribution in [0, 0.1) is 6.92 Å². The molecule has 3 N–H and O–H groups in total. The molecule has 0 aromatic carbocycles. The number of amides is 1. The fraction of sp³-hybridized carbons (Fsp3) is 0.538. The molecule has 6 heteroatoms. The summed E-state index contributed by atoms with van der Waals surface area (Å²) in [5.74, 6) is -1.53. The Morgan fingerprint density at radius 1 is 1.47 bits per heavy atom. The van der Waals surface area contributed by atoms with Gasteiger partial charge in [-0.3, -0.25) is 4.79 Å². The maximum Gasteiger partial charge on any atom is 0.326 e. The average molecular weight is 285 g/mol. The van der Waals surface area contributed by atoms with Crippen molar-refractivity contribution in [2.45, 2.75) is 39.2 Å². The van der Waals surface area contributed by atoms with Gasteiger partial charge >= 0.3 is 5.97 Å². The van der Waals surface area contributed by atoms with E-state index in [2.05, 4.69) is 12.2 Å². The molecule has 0 saturated carbocycles. The molecule has 0 radical (unpaired) electrons. The zero-order valence-corrected chi connectivity index (χ0v) is 11.9. The summed E-state index contributed by atoms with van der Waals surface area (Å²) >= 11 is 1.37. The molecular formula is C13H19NO4S. The fourth-order valence-electron chi connectivity index (χ4n) is 1.77. The fourth-order valence-corrected chi connectivity index (χ4v) is 2.74. The van der Waals surface area contributed by atoms with Gasteiger partial charge < -0.3 is 15.5 Å². The van der Waals surface area contributed by atoms with E-state index in [0.717, 1.165) is 23.3 Å². The van der Waals surface area contributed by atoms with E-state index in [4.69, 9.17) is 10.2 Å². The molecule has 0 aliphatic rings. The van der Waals surface area contributed by atoms with Gasteiger partial charge in [0, 0.05) is 17.9 Å². The number of thiophene rings is 1. The molecular weight excluding hydrogens is 266 g/mol. The van der Waals surface area contributed by atoms with Gasteiger partial charge in [0.05, 0.1) is 4.88 Å². The topological polar surface area (TPSA) is 86.6 Å². The second kappa shape index (κ2) is 7.25. The molecule has 1 amide bonds. The van der Waals surface area contributed by atoms with Gasteiger partial charge in [0.25, 0.3) is 5.91 Å². The minimum absolute atomic E-state index is 0.00719. The lowest BCUT2D eigenvalue weighted by Gasteiger charge is -2.12. The molecule has 1 heterocycles. The third kappa shape index (κ3) is 4.33. The summed E-state index contributed by atoms with van der Waals surface area (Å²) in [5.41, 5.74) is 1.13. The van der Waals surface area contributed by atoms with Crippen molar-refractivity contribution in [2.75, 3.05) is 6.61 Å². The van der Waals surface area contributed by atoms with Crippen LogP contribution in [0.3, 0.4) is 0 Å². The molecule has 1 aromatic rings. The average Bonchev–Trinajstić information content (AvgIpc) is 2.71. The number of aliphatic carboxylic acids is 1. The summed E-state index contributed by atoms with van der Waals surface area (Å²) < 4.78 is 0. The van der Waals surface area contributed by atoms with Crippen LogP contribution in [0.1, 0.15) is 39.9 Å². The van der Waals surface area contributed by atoms with Gasteiger partial charge in [-0.25, -0.2) is 4.79 Å². The van der Waals surface area contributed by atoms with E-state index in [1.165, 1.54) is 11.3 Å². The predicted molar refractivity (Wildman–Crippen MR) is 73.6 cm³/mol. The van der Waals surface area contributed by atoms with E-state index in [1.807, 2.05) is 13.0 Å². The lowest BCUT2D eigenvalue weighted by molar-refractivity contribution is -0.139. The number of hydrogen-bond acceptors (Lipinski definition) is 4. The normalized spacial score (nSPS) is 12.2. The smallest absolute Gasteiger partial charge is 0.326 e. The number of carbonyl (C=O) groups is 2. The summed E-state index contributed by atoms with van der Waals surface area (Å²) in [4.78, 5) is 24.5. The molecule has 19 heavy (non-hydrogen) atoms. The highest BCUT2D eigenvalue weighted by Gasteiger charge is 2.21. The van der Waals surface area contributed by atoms with Crippen molar-refractivity contribution in [3.05, 3.63) is 21.4 Å². The Balaban J connectivity index is 2.76. The number of aryl methyl sites for hydroxylation is 2. The molecule has 0 bridgehead atoms. The third-order valence-corrected chi connectivity index (χ3v) is 3.88. The minimum Gasteiger partial charge on any atom is -0.480 e. The van der Waals surface area contributed by atoms with Crippen LogP contribution in [0.5, 0.6) is 0 Å². The second-order valence-electron chi connectivity index (χ2n) is 4.32. The number of aliphatic hydroxyl groups is 1. The first kappa shape index (κ1) is 15.7. The Labute approximate surface area is 116 Å². The lowest BCUT2D eigenvalue weighted by Crippen LogP contribution is -2.41. The van der Waals surface area contributed by atoms with Crippen LogP contribution in [0.25, 0.3) is 0 Å². The lowest BCUT2D eigenvalue weighted by atomic mass is 10.1. The van der Waals surface area contributed by atoms with Crippen molar-refractivity contribution >= 4 is 23.2 Å². The van der Waals surface area contributed by atoms with Crippen molar-refractivity contribution in [1.82, 2.24) is 5.32 Å². The Bertz CT molecular complexity index is 455. The molecule has 1 rings (SSSR count). The predicted octanol–water partition coefficient (Wildman–Crippen LogP) is 1.57. The zero-order valence-electron chi connectivity index (χ0n) is 11.1. The zero-order chi connectivity index (χ0) is 14.4. The number of hydrogen-bond donors (Lipinski definition) is 3. The van der Waals surface area contributed by atoms with E-state index in [1.54, 1.807) is 0 Å². The van der Waals surface area contributed by atoms with Crippen molar-refractivity contribution in [1.29, 1.82) is 0 Å². The second-order valence-corrected chi connectivity index (χ2v) is 5.57. The van der Waals surface area contributed by atoms with Gasteiger partial charge in [0.1, 0.15) is 6.04 Å². The first-order chi connectivity index (χ1) is 8.99. The van der Waals surface area contributed by atoms with Crippen molar-refractivity contribution in [3.8, 4) is 0 Å². The summed E-state index contributed by atoms with van der Waals surface area (Å²) in [5, 5.41) is 20.1. The van der Waals surface area contributed by atoms with Crippen LogP contribution in [-0.4, -0.2) is 34.7 Å². The summed E-state index contributed by atoms with van der Waals surface area (Å²) in [7, 11) is 0. The maximum absolute atomic E-state index is 12.0. The maximum atomic E-state index is 12.0. The quantitative estimate of drug-likeness (QED) is 0.710. The number of aliphatic hydroxyl groups excluding tert-OH is 1. The standard InChI is InChI=1S/C13H19NO4S/c1-3-4-9-7-11(19-8(9)2)12(16)14-10(5-6-15)13(17)18/h7,10,15H,3-6H2,1-2H3,(H,14,16)(H,17,18)/t10-/m1/s1. The molecule has 0 aliphatic carbocycles. The van der Waals surface area contributed by atoms with Crippen LogP contribution in [-0.2, 0) is 11.2 Å². The van der Waals surface area contributed by atoms with Gasteiger partial charge in [-0.2, -0.15) is 0 Å².